The van der Waals surface area contributed by atoms with Crippen molar-refractivity contribution >= 4 is 12.1 Å². The maximum atomic E-state index is 11.0. The Balaban J connectivity index is 2.57. The van der Waals surface area contributed by atoms with Gasteiger partial charge in [0.25, 0.3) is 0 Å². The lowest BCUT2D eigenvalue weighted by molar-refractivity contribution is 0.0871. The van der Waals surface area contributed by atoms with Gasteiger partial charge in [-0.2, -0.15) is 0 Å². The van der Waals surface area contributed by atoms with E-state index in [-0.39, 0.29) is 12.1 Å². The monoisotopic (exact) mass is 172 g/mol. The number of rotatable bonds is 1. The highest BCUT2D eigenvalue weighted by atomic mass is 16.2. The molecule has 2 N–H and O–H groups in total. The number of hydrazine groups is 1. The van der Waals surface area contributed by atoms with Gasteiger partial charge in [-0.1, -0.05) is 0 Å². The first-order chi connectivity index (χ1) is 5.66. The summed E-state index contributed by atoms with van der Waals surface area (Å²) in [7, 11) is 3.07. The van der Waals surface area contributed by atoms with E-state index in [0.717, 1.165) is 0 Å². The van der Waals surface area contributed by atoms with Gasteiger partial charge in [0.05, 0.1) is 6.54 Å². The van der Waals surface area contributed by atoms with Crippen molar-refractivity contribution in [3.63, 3.8) is 0 Å². The third kappa shape index (κ3) is 1.41. The van der Waals surface area contributed by atoms with Crippen molar-refractivity contribution in [2.45, 2.75) is 0 Å². The van der Waals surface area contributed by atoms with Crippen molar-refractivity contribution in [2.75, 3.05) is 27.2 Å². The lowest BCUT2D eigenvalue weighted by Crippen LogP contribution is -2.48. The van der Waals surface area contributed by atoms with Gasteiger partial charge in [-0.25, -0.2) is 19.6 Å². The molecule has 68 valence electrons. The fourth-order valence-corrected chi connectivity index (χ4v) is 1.02. The lowest BCUT2D eigenvalue weighted by Gasteiger charge is -2.25. The number of carbonyl (C=O) groups excluding carboxylic acids is 2. The Bertz CT molecular complexity index is 206. The summed E-state index contributed by atoms with van der Waals surface area (Å²) in [6, 6.07) is -0.534. The van der Waals surface area contributed by atoms with Crippen molar-refractivity contribution in [2.24, 2.45) is 0 Å². The summed E-state index contributed by atoms with van der Waals surface area (Å²) in [5, 5.41) is 7.62. The number of amides is 4. The van der Waals surface area contributed by atoms with Crippen LogP contribution in [-0.2, 0) is 0 Å². The van der Waals surface area contributed by atoms with Gasteiger partial charge in [0, 0.05) is 20.6 Å². The molecule has 0 radical (unpaired) electrons. The van der Waals surface area contributed by atoms with Crippen LogP contribution in [0, 0.1) is 0 Å². The molecule has 0 aliphatic carbocycles. The van der Waals surface area contributed by atoms with Gasteiger partial charge in [0.1, 0.15) is 0 Å². The van der Waals surface area contributed by atoms with Crippen molar-refractivity contribution in [1.29, 1.82) is 0 Å². The van der Waals surface area contributed by atoms with Crippen LogP contribution in [0.5, 0.6) is 0 Å². The van der Waals surface area contributed by atoms with E-state index in [9.17, 15) is 9.59 Å². The van der Waals surface area contributed by atoms with Crippen LogP contribution in [0.25, 0.3) is 0 Å². The largest absolute Gasteiger partial charge is 0.340 e. The van der Waals surface area contributed by atoms with Gasteiger partial charge in [0.2, 0.25) is 0 Å². The standard InChI is InChI=1S/C6H12N4O2/c1-7-5(11)9(2)10-4-3-8-6(10)12/h3-4H2,1-2H3,(H,7,11)(H,8,12). The third-order valence-electron chi connectivity index (χ3n) is 1.70. The van der Waals surface area contributed by atoms with E-state index in [4.69, 9.17) is 0 Å². The molecule has 0 aromatic rings. The molecule has 1 rings (SSSR count). The van der Waals surface area contributed by atoms with Crippen LogP contribution >= 0.6 is 0 Å². The molecule has 0 saturated carbocycles. The van der Waals surface area contributed by atoms with Crippen LogP contribution in [0.3, 0.4) is 0 Å². The minimum absolute atomic E-state index is 0.235. The summed E-state index contributed by atoms with van der Waals surface area (Å²) in [5.74, 6) is 0. The molecule has 0 bridgehead atoms. The first kappa shape index (κ1) is 8.63. The van der Waals surface area contributed by atoms with Crippen molar-refractivity contribution in [3.05, 3.63) is 0 Å². The Kier molecular flexibility index (Phi) is 2.37. The molecule has 1 heterocycles. The van der Waals surface area contributed by atoms with Crippen LogP contribution in [0.2, 0.25) is 0 Å². The number of carbonyl (C=O) groups is 2. The van der Waals surface area contributed by atoms with Gasteiger partial charge in [-0.15, -0.1) is 0 Å². The molecule has 6 nitrogen and oxygen atoms in total. The molecule has 0 unspecified atom stereocenters. The molecule has 12 heavy (non-hydrogen) atoms. The van der Waals surface area contributed by atoms with E-state index in [2.05, 4.69) is 10.6 Å². The molecule has 0 aromatic carbocycles. The average molecular weight is 172 g/mol. The second-order valence-electron chi connectivity index (χ2n) is 2.43. The molecule has 1 saturated heterocycles. The molecule has 1 aliphatic heterocycles. The summed E-state index contributed by atoms with van der Waals surface area (Å²) < 4.78 is 0. The highest BCUT2D eigenvalue weighted by Gasteiger charge is 2.25. The molecule has 0 spiro atoms. The van der Waals surface area contributed by atoms with E-state index in [0.29, 0.717) is 13.1 Å². The Morgan fingerprint density at radius 2 is 2.42 bits per heavy atom. The molecule has 1 aliphatic rings. The molecule has 4 amide bonds. The van der Waals surface area contributed by atoms with Crippen LogP contribution in [0.4, 0.5) is 9.59 Å². The summed E-state index contributed by atoms with van der Waals surface area (Å²) in [4.78, 5) is 22.1. The summed E-state index contributed by atoms with van der Waals surface area (Å²) >= 11 is 0. The van der Waals surface area contributed by atoms with E-state index in [1.807, 2.05) is 0 Å². The smallest absolute Gasteiger partial charge is 0.336 e. The normalized spacial score (nSPS) is 15.8. The van der Waals surface area contributed by atoms with Crippen LogP contribution in [-0.4, -0.2) is 49.3 Å². The van der Waals surface area contributed by atoms with E-state index in [1.165, 1.54) is 17.1 Å². The van der Waals surface area contributed by atoms with E-state index >= 15 is 0 Å². The van der Waals surface area contributed by atoms with Gasteiger partial charge in [-0.3, -0.25) is 0 Å². The van der Waals surface area contributed by atoms with Crippen LogP contribution < -0.4 is 10.6 Å². The van der Waals surface area contributed by atoms with Crippen LogP contribution in [0.15, 0.2) is 0 Å². The van der Waals surface area contributed by atoms with Gasteiger partial charge >= 0.3 is 12.1 Å². The van der Waals surface area contributed by atoms with Crippen LogP contribution in [0.1, 0.15) is 0 Å². The van der Waals surface area contributed by atoms with Crippen molar-refractivity contribution in [3.8, 4) is 0 Å². The number of urea groups is 2. The minimum atomic E-state index is -0.299. The SMILES string of the molecule is CNC(=O)N(C)N1CCNC1=O. The zero-order chi connectivity index (χ0) is 9.14. The van der Waals surface area contributed by atoms with Crippen molar-refractivity contribution < 1.29 is 9.59 Å². The highest BCUT2D eigenvalue weighted by Crippen LogP contribution is 2.00. The summed E-state index contributed by atoms with van der Waals surface area (Å²) in [5.41, 5.74) is 0. The van der Waals surface area contributed by atoms with Gasteiger partial charge < -0.3 is 10.6 Å². The zero-order valence-corrected chi connectivity index (χ0v) is 7.13. The maximum Gasteiger partial charge on any atom is 0.336 e. The summed E-state index contributed by atoms with van der Waals surface area (Å²) in [6.07, 6.45) is 0. The maximum absolute atomic E-state index is 11.0. The first-order valence-electron chi connectivity index (χ1n) is 3.67. The third-order valence-corrected chi connectivity index (χ3v) is 1.70. The second-order valence-corrected chi connectivity index (χ2v) is 2.43. The predicted molar refractivity (Wildman–Crippen MR) is 42.3 cm³/mol. The molecule has 0 aromatic heterocycles. The number of hydrogen-bond acceptors (Lipinski definition) is 2. The topological polar surface area (TPSA) is 64.7 Å². The Morgan fingerprint density at radius 3 is 2.83 bits per heavy atom. The quantitative estimate of drug-likeness (QED) is 0.543. The average Bonchev–Trinajstić information content (AvgIpc) is 2.48. The summed E-state index contributed by atoms with van der Waals surface area (Å²) in [6.45, 7) is 1.11. The lowest BCUT2D eigenvalue weighted by atomic mass is 10.7. The number of nitrogens with one attached hydrogen (secondary N) is 2. The number of nitrogens with zero attached hydrogens (tertiary/aromatic N) is 2. The Labute approximate surface area is 70.5 Å². The fraction of sp³-hybridized carbons (Fsp3) is 0.667. The Hall–Kier alpha value is -1.46. The second kappa shape index (κ2) is 3.29. The van der Waals surface area contributed by atoms with E-state index < -0.39 is 0 Å². The highest BCUT2D eigenvalue weighted by molar-refractivity contribution is 5.81. The van der Waals surface area contributed by atoms with Crippen molar-refractivity contribution in [1.82, 2.24) is 20.7 Å². The Morgan fingerprint density at radius 1 is 1.75 bits per heavy atom. The van der Waals surface area contributed by atoms with Gasteiger partial charge in [-0.05, 0) is 0 Å². The first-order valence-corrected chi connectivity index (χ1v) is 3.67. The minimum Gasteiger partial charge on any atom is -0.340 e. The molecular formula is C6H12N4O2. The fourth-order valence-electron chi connectivity index (χ4n) is 1.02. The zero-order valence-electron chi connectivity index (χ0n) is 7.13. The molecule has 1 fully saturated rings. The number of hydrogen-bond donors (Lipinski definition) is 2. The molecule has 0 atom stereocenters. The molecule has 6 heteroatoms. The predicted octanol–water partition coefficient (Wildman–Crippen LogP) is -0.802. The molecular weight excluding hydrogens is 160 g/mol. The van der Waals surface area contributed by atoms with E-state index in [1.54, 1.807) is 7.05 Å². The van der Waals surface area contributed by atoms with Gasteiger partial charge in [0.15, 0.2) is 0 Å².